The van der Waals surface area contributed by atoms with Gasteiger partial charge in [-0.3, -0.25) is 9.59 Å². The minimum atomic E-state index is -1.65. The zero-order valence-corrected chi connectivity index (χ0v) is 13.6. The van der Waals surface area contributed by atoms with Crippen molar-refractivity contribution in [2.45, 2.75) is 25.4 Å². The largest absolute Gasteiger partial charge is 0.378 e. The van der Waals surface area contributed by atoms with Crippen molar-refractivity contribution in [3.8, 4) is 5.69 Å². The first-order valence-electron chi connectivity index (χ1n) is 7.96. The van der Waals surface area contributed by atoms with Gasteiger partial charge in [0.05, 0.1) is 17.8 Å². The van der Waals surface area contributed by atoms with Crippen LogP contribution in [-0.2, 0) is 4.79 Å². The molecule has 6 heteroatoms. The van der Waals surface area contributed by atoms with Gasteiger partial charge in [0.1, 0.15) is 0 Å². The van der Waals surface area contributed by atoms with Gasteiger partial charge >= 0.3 is 0 Å². The molecule has 0 radical (unpaired) electrons. The highest BCUT2D eigenvalue weighted by molar-refractivity contribution is 5.98. The molecule has 3 N–H and O–H groups in total. The molecule has 2 aromatic rings. The number of nitrogens with zero attached hydrogens (tertiary/aromatic N) is 2. The monoisotopic (exact) mass is 327 g/mol. The molecule has 0 aliphatic carbocycles. The summed E-state index contributed by atoms with van der Waals surface area (Å²) in [5, 5.41) is 10.3. The highest BCUT2D eigenvalue weighted by atomic mass is 16.3. The van der Waals surface area contributed by atoms with Crippen LogP contribution in [-0.4, -0.2) is 45.1 Å². The van der Waals surface area contributed by atoms with Gasteiger partial charge in [-0.2, -0.15) is 0 Å². The molecule has 2 amide bonds. The molecule has 0 saturated carbocycles. The highest BCUT2D eigenvalue weighted by Crippen LogP contribution is 2.25. The predicted octanol–water partition coefficient (Wildman–Crippen LogP) is 1.24. The molecular weight excluding hydrogens is 306 g/mol. The number of rotatable bonds is 3. The van der Waals surface area contributed by atoms with Crippen LogP contribution < -0.4 is 5.73 Å². The van der Waals surface area contributed by atoms with Gasteiger partial charge in [-0.15, -0.1) is 0 Å². The van der Waals surface area contributed by atoms with E-state index >= 15 is 0 Å². The number of aromatic nitrogens is 1. The molecule has 1 aliphatic heterocycles. The second kappa shape index (κ2) is 6.13. The lowest BCUT2D eigenvalue weighted by Gasteiger charge is -2.37. The van der Waals surface area contributed by atoms with E-state index in [1.807, 2.05) is 54.2 Å². The highest BCUT2D eigenvalue weighted by Gasteiger charge is 2.40. The lowest BCUT2D eigenvalue weighted by Crippen LogP contribution is -2.57. The Morgan fingerprint density at radius 3 is 2.62 bits per heavy atom. The van der Waals surface area contributed by atoms with Gasteiger partial charge in [0, 0.05) is 18.9 Å². The summed E-state index contributed by atoms with van der Waals surface area (Å²) in [5.41, 5.74) is 5.93. The summed E-state index contributed by atoms with van der Waals surface area (Å²) in [4.78, 5) is 26.1. The summed E-state index contributed by atoms with van der Waals surface area (Å²) < 4.78 is 1.87. The van der Waals surface area contributed by atoms with Crippen molar-refractivity contribution in [2.75, 3.05) is 13.1 Å². The van der Waals surface area contributed by atoms with Crippen LogP contribution in [0.5, 0.6) is 0 Å². The van der Waals surface area contributed by atoms with Crippen LogP contribution in [0, 0.1) is 6.92 Å². The molecule has 0 spiro atoms. The van der Waals surface area contributed by atoms with Crippen molar-refractivity contribution in [1.29, 1.82) is 0 Å². The van der Waals surface area contributed by atoms with E-state index < -0.39 is 11.5 Å². The summed E-state index contributed by atoms with van der Waals surface area (Å²) in [6, 6.07) is 9.45. The van der Waals surface area contributed by atoms with Gasteiger partial charge in [0.2, 0.25) is 0 Å². The third-order valence-corrected chi connectivity index (χ3v) is 4.48. The molecule has 3 rings (SSSR count). The van der Waals surface area contributed by atoms with Gasteiger partial charge < -0.3 is 20.3 Å². The molecule has 1 unspecified atom stereocenters. The topological polar surface area (TPSA) is 88.6 Å². The third kappa shape index (κ3) is 2.92. The quantitative estimate of drug-likeness (QED) is 0.889. The van der Waals surface area contributed by atoms with Crippen LogP contribution in [0.1, 0.15) is 28.8 Å². The van der Waals surface area contributed by atoms with E-state index in [4.69, 9.17) is 5.73 Å². The molecule has 1 aromatic carbocycles. The van der Waals surface area contributed by atoms with Gasteiger partial charge in [-0.1, -0.05) is 11.6 Å². The number of nitrogens with two attached hydrogens (primary N) is 1. The lowest BCUT2D eigenvalue weighted by atomic mass is 9.91. The number of hydrogen-bond donors (Lipinski definition) is 2. The van der Waals surface area contributed by atoms with Crippen molar-refractivity contribution in [1.82, 2.24) is 9.47 Å². The number of benzene rings is 1. The fraction of sp³-hybridized carbons (Fsp3) is 0.333. The number of carbonyl (C=O) groups excluding carboxylic acids is 2. The smallest absolute Gasteiger partial charge is 0.256 e. The first-order valence-corrected chi connectivity index (χ1v) is 7.96. The number of primary amides is 1. The summed E-state index contributed by atoms with van der Waals surface area (Å²) in [7, 11) is 0. The maximum absolute atomic E-state index is 13.0. The second-order valence-corrected chi connectivity index (χ2v) is 6.34. The van der Waals surface area contributed by atoms with E-state index in [9.17, 15) is 14.7 Å². The van der Waals surface area contributed by atoms with Crippen molar-refractivity contribution in [2.24, 2.45) is 5.73 Å². The van der Waals surface area contributed by atoms with Gasteiger partial charge in [0.15, 0.2) is 5.60 Å². The van der Waals surface area contributed by atoms with Gasteiger partial charge in [-0.25, -0.2) is 0 Å². The fourth-order valence-electron chi connectivity index (χ4n) is 3.12. The second-order valence-electron chi connectivity index (χ2n) is 6.34. The third-order valence-electron chi connectivity index (χ3n) is 4.48. The number of likely N-dealkylation sites (tertiary alicyclic amines) is 1. The van der Waals surface area contributed by atoms with Crippen LogP contribution in [0.25, 0.3) is 5.69 Å². The average molecular weight is 327 g/mol. The Morgan fingerprint density at radius 1 is 1.25 bits per heavy atom. The molecule has 1 aromatic heterocycles. The Kier molecular flexibility index (Phi) is 4.15. The molecule has 0 bridgehead atoms. The zero-order chi connectivity index (χ0) is 17.3. The molecule has 1 aliphatic rings. The molecule has 24 heavy (non-hydrogen) atoms. The summed E-state index contributed by atoms with van der Waals surface area (Å²) in [5.74, 6) is -0.989. The number of hydrogen-bond acceptors (Lipinski definition) is 3. The number of piperidine rings is 1. The molecule has 126 valence electrons. The van der Waals surface area contributed by atoms with Crippen LogP contribution in [0.2, 0.25) is 0 Å². The van der Waals surface area contributed by atoms with E-state index in [1.165, 1.54) is 4.90 Å². The number of carbonyl (C=O) groups is 2. The van der Waals surface area contributed by atoms with Crippen LogP contribution in [0.3, 0.4) is 0 Å². The number of β-amino-alcohol motifs (C(OH)–C–C–N with tert-alkyl or cyclic N) is 1. The summed E-state index contributed by atoms with van der Waals surface area (Å²) in [6.07, 6.45) is 4.56. The molecule has 2 heterocycles. The van der Waals surface area contributed by atoms with Crippen molar-refractivity contribution in [3.05, 3.63) is 53.9 Å². The predicted molar refractivity (Wildman–Crippen MR) is 89.8 cm³/mol. The molecule has 1 atom stereocenters. The number of amides is 2. The number of aryl methyl sites for hydroxylation is 1. The van der Waals surface area contributed by atoms with E-state index in [0.717, 1.165) is 11.3 Å². The van der Waals surface area contributed by atoms with Crippen LogP contribution in [0.15, 0.2) is 42.7 Å². The average Bonchev–Trinajstić information content (AvgIpc) is 3.08. The first kappa shape index (κ1) is 16.3. The van der Waals surface area contributed by atoms with Gasteiger partial charge in [0.25, 0.3) is 11.8 Å². The van der Waals surface area contributed by atoms with E-state index in [-0.39, 0.29) is 18.9 Å². The number of aliphatic hydroxyl groups is 1. The minimum Gasteiger partial charge on any atom is -0.378 e. The van der Waals surface area contributed by atoms with Gasteiger partial charge in [-0.05, 0) is 44.0 Å². The van der Waals surface area contributed by atoms with Crippen molar-refractivity contribution < 1.29 is 14.7 Å². The van der Waals surface area contributed by atoms with E-state index in [1.54, 1.807) is 0 Å². The summed E-state index contributed by atoms with van der Waals surface area (Å²) >= 11 is 0. The van der Waals surface area contributed by atoms with Crippen molar-refractivity contribution >= 4 is 11.8 Å². The molecule has 6 nitrogen and oxygen atoms in total. The molecule has 1 saturated heterocycles. The summed E-state index contributed by atoms with van der Waals surface area (Å²) in [6.45, 7) is 2.35. The fourth-order valence-corrected chi connectivity index (χ4v) is 3.12. The standard InChI is InChI=1S/C18H21N3O3/c1-13-5-6-15(20-8-2-3-9-20)14(11-13)16(22)21-10-4-7-18(24,12-21)17(19)23/h2-3,5-6,8-9,11,24H,4,7,10,12H2,1H3,(H2,19,23). The molecule has 1 fully saturated rings. The maximum atomic E-state index is 13.0. The minimum absolute atomic E-state index is 0.0692. The zero-order valence-electron chi connectivity index (χ0n) is 13.6. The Morgan fingerprint density at radius 2 is 1.96 bits per heavy atom. The SMILES string of the molecule is Cc1ccc(-n2cccc2)c(C(=O)N2CCCC(O)(C(N)=O)C2)c1. The maximum Gasteiger partial charge on any atom is 0.256 e. The lowest BCUT2D eigenvalue weighted by molar-refractivity contribution is -0.140. The van der Waals surface area contributed by atoms with Crippen molar-refractivity contribution in [3.63, 3.8) is 0 Å². The van der Waals surface area contributed by atoms with Crippen LogP contribution in [0.4, 0.5) is 0 Å². The Labute approximate surface area is 140 Å². The van der Waals surface area contributed by atoms with E-state index in [0.29, 0.717) is 18.5 Å². The van der Waals surface area contributed by atoms with Crippen LogP contribution >= 0.6 is 0 Å². The Balaban J connectivity index is 1.95. The van der Waals surface area contributed by atoms with E-state index in [2.05, 4.69) is 0 Å². The Bertz CT molecular complexity index is 770. The normalized spacial score (nSPS) is 20.8. The Hall–Kier alpha value is -2.60. The first-order chi connectivity index (χ1) is 11.4. The molecular formula is C18H21N3O3.